The minimum atomic E-state index is -0.837. The van der Waals surface area contributed by atoms with E-state index in [1.165, 1.54) is 11.4 Å². The number of halogens is 1. The first-order valence-corrected chi connectivity index (χ1v) is 11.5. The number of nitrogens with one attached hydrogen (secondary N) is 1. The van der Waals surface area contributed by atoms with Gasteiger partial charge in [-0.25, -0.2) is 0 Å². The molecule has 31 heavy (non-hydrogen) atoms. The Balaban J connectivity index is 1.20. The zero-order valence-electron chi connectivity index (χ0n) is 17.7. The van der Waals surface area contributed by atoms with Gasteiger partial charge in [0, 0.05) is 37.0 Å². The number of anilines is 1. The van der Waals surface area contributed by atoms with Gasteiger partial charge >= 0.3 is 5.97 Å². The Morgan fingerprint density at radius 1 is 1.26 bits per heavy atom. The van der Waals surface area contributed by atoms with Crippen LogP contribution in [0.3, 0.4) is 0 Å². The zero-order chi connectivity index (χ0) is 21.6. The van der Waals surface area contributed by atoms with Gasteiger partial charge in [0.25, 0.3) is 0 Å². The number of pyridine rings is 1. The van der Waals surface area contributed by atoms with E-state index < -0.39 is 12.0 Å². The Labute approximate surface area is 188 Å². The summed E-state index contributed by atoms with van der Waals surface area (Å²) in [6.45, 7) is 3.09. The van der Waals surface area contributed by atoms with Crippen LogP contribution in [0.1, 0.15) is 48.7 Å². The lowest BCUT2D eigenvalue weighted by Crippen LogP contribution is -2.33. The van der Waals surface area contributed by atoms with Gasteiger partial charge in [-0.2, -0.15) is 0 Å². The van der Waals surface area contributed by atoms with Crippen LogP contribution in [0.2, 0.25) is 5.02 Å². The largest absolute Gasteiger partial charge is 0.480 e. The maximum Gasteiger partial charge on any atom is 0.325 e. The van der Waals surface area contributed by atoms with Gasteiger partial charge in [0.1, 0.15) is 6.04 Å². The van der Waals surface area contributed by atoms with Gasteiger partial charge < -0.3 is 15.2 Å². The van der Waals surface area contributed by atoms with Gasteiger partial charge in [0.2, 0.25) is 0 Å². The molecule has 0 amide bonds. The van der Waals surface area contributed by atoms with Crippen molar-refractivity contribution in [3.05, 3.63) is 58.4 Å². The fraction of sp³-hybridized carbons (Fsp3) is 0.500. The summed E-state index contributed by atoms with van der Waals surface area (Å²) in [5, 5.41) is 13.8. The number of carboxylic acid groups (broad SMARTS) is 1. The topological polar surface area (TPSA) is 74.7 Å². The van der Waals surface area contributed by atoms with Crippen molar-refractivity contribution in [2.75, 3.05) is 31.6 Å². The Morgan fingerprint density at radius 2 is 2.10 bits per heavy atom. The number of fused-ring (bicyclic) bond motifs is 1. The molecule has 1 unspecified atom stereocenters. The maximum atomic E-state index is 11.9. The highest BCUT2D eigenvalue weighted by atomic mass is 35.5. The molecular weight excluding hydrogens is 414 g/mol. The molecule has 7 heteroatoms. The van der Waals surface area contributed by atoms with E-state index in [9.17, 15) is 9.90 Å². The number of aryl methyl sites for hydroxylation is 2. The van der Waals surface area contributed by atoms with Crippen LogP contribution in [0.15, 0.2) is 36.4 Å². The predicted octanol–water partition coefficient (Wildman–Crippen LogP) is 4.33. The minimum absolute atomic E-state index is 0.0853. The third-order valence-corrected chi connectivity index (χ3v) is 6.33. The third kappa shape index (κ3) is 5.76. The molecule has 166 valence electrons. The molecule has 0 bridgehead atoms. The zero-order valence-corrected chi connectivity index (χ0v) is 18.5. The van der Waals surface area contributed by atoms with Gasteiger partial charge in [0.05, 0.1) is 17.5 Å². The summed E-state index contributed by atoms with van der Waals surface area (Å²) in [7, 11) is 0. The Hall–Kier alpha value is -2.15. The van der Waals surface area contributed by atoms with E-state index in [0.29, 0.717) is 18.2 Å². The molecule has 4 rings (SSSR count). The molecule has 6 nitrogen and oxygen atoms in total. The molecule has 2 N–H and O–H groups in total. The van der Waals surface area contributed by atoms with Crippen LogP contribution < -0.4 is 5.32 Å². The average molecular weight is 444 g/mol. The van der Waals surface area contributed by atoms with Crippen molar-refractivity contribution in [3.8, 4) is 0 Å². The van der Waals surface area contributed by atoms with E-state index >= 15 is 0 Å². The summed E-state index contributed by atoms with van der Waals surface area (Å²) in [4.78, 5) is 18.7. The molecule has 1 aromatic carbocycles. The number of hydrogen-bond acceptors (Lipinski definition) is 5. The molecule has 0 spiro atoms. The number of nitrogens with zero attached hydrogens (tertiary/aromatic N) is 2. The lowest BCUT2D eigenvalue weighted by molar-refractivity contribution is -0.143. The highest BCUT2D eigenvalue weighted by Crippen LogP contribution is 2.28. The van der Waals surface area contributed by atoms with Crippen molar-refractivity contribution < 1.29 is 14.6 Å². The van der Waals surface area contributed by atoms with Crippen molar-refractivity contribution in [2.45, 2.75) is 50.7 Å². The molecule has 2 aliphatic rings. The van der Waals surface area contributed by atoms with Crippen molar-refractivity contribution in [3.63, 3.8) is 0 Å². The van der Waals surface area contributed by atoms with Crippen molar-refractivity contribution in [1.82, 2.24) is 9.88 Å². The van der Waals surface area contributed by atoms with Crippen LogP contribution in [0.4, 0.5) is 5.69 Å². The molecule has 0 saturated carbocycles. The van der Waals surface area contributed by atoms with E-state index in [1.807, 2.05) is 4.90 Å². The molecule has 2 aliphatic heterocycles. The van der Waals surface area contributed by atoms with Crippen LogP contribution in [0, 0.1) is 0 Å². The van der Waals surface area contributed by atoms with Gasteiger partial charge in [-0.15, -0.1) is 0 Å². The number of likely N-dealkylation sites (tertiary alicyclic amines) is 1. The number of benzene rings is 1. The molecule has 0 aliphatic carbocycles. The normalized spacial score (nSPS) is 19.6. The van der Waals surface area contributed by atoms with Gasteiger partial charge in [-0.05, 0) is 68.4 Å². The lowest BCUT2D eigenvalue weighted by atomic mass is 10.1. The maximum absolute atomic E-state index is 11.9. The van der Waals surface area contributed by atoms with Gasteiger partial charge in [-0.3, -0.25) is 14.7 Å². The Morgan fingerprint density at radius 3 is 2.90 bits per heavy atom. The van der Waals surface area contributed by atoms with E-state index in [1.54, 1.807) is 24.3 Å². The second-order valence-electron chi connectivity index (χ2n) is 8.35. The highest BCUT2D eigenvalue weighted by Gasteiger charge is 2.33. The fourth-order valence-corrected chi connectivity index (χ4v) is 4.58. The van der Waals surface area contributed by atoms with Gasteiger partial charge in [-0.1, -0.05) is 23.7 Å². The second kappa shape index (κ2) is 10.4. The van der Waals surface area contributed by atoms with Crippen molar-refractivity contribution >= 4 is 23.3 Å². The summed E-state index contributed by atoms with van der Waals surface area (Å²) in [6.07, 6.45) is 6.14. The number of hydrogen-bond donors (Lipinski definition) is 2. The Bertz CT molecular complexity index is 890. The van der Waals surface area contributed by atoms with Crippen molar-refractivity contribution in [2.24, 2.45) is 0 Å². The fourth-order valence-electron chi connectivity index (χ4n) is 4.45. The molecular formula is C24H30ClN3O3. The van der Waals surface area contributed by atoms with Crippen LogP contribution in [-0.4, -0.2) is 53.3 Å². The number of aromatic nitrogens is 1. The number of ether oxygens (including phenoxy) is 1. The monoisotopic (exact) mass is 443 g/mol. The predicted molar refractivity (Wildman–Crippen MR) is 122 cm³/mol. The lowest BCUT2D eigenvalue weighted by Gasteiger charge is -2.24. The summed E-state index contributed by atoms with van der Waals surface area (Å²) in [5.74, 6) is -0.837. The third-order valence-electron chi connectivity index (χ3n) is 6.08. The smallest absolute Gasteiger partial charge is 0.325 e. The molecule has 1 fully saturated rings. The van der Waals surface area contributed by atoms with Crippen LogP contribution in [-0.2, 0) is 22.4 Å². The first-order chi connectivity index (χ1) is 15.1. The second-order valence-corrected chi connectivity index (χ2v) is 8.79. The van der Waals surface area contributed by atoms with E-state index in [0.717, 1.165) is 62.9 Å². The average Bonchev–Trinajstić information content (AvgIpc) is 3.23. The van der Waals surface area contributed by atoms with Crippen LogP contribution in [0.25, 0.3) is 0 Å². The van der Waals surface area contributed by atoms with Crippen molar-refractivity contribution in [1.29, 1.82) is 0 Å². The first kappa shape index (κ1) is 22.1. The highest BCUT2D eigenvalue weighted by molar-refractivity contribution is 6.30. The Kier molecular flexibility index (Phi) is 7.43. The summed E-state index contributed by atoms with van der Waals surface area (Å²) >= 11 is 5.94. The first-order valence-electron chi connectivity index (χ1n) is 11.2. The molecule has 0 radical (unpaired) electrons. The quantitative estimate of drug-likeness (QED) is 0.562. The standard InChI is InChI=1S/C24H30ClN3O3/c25-18-8-6-17(7-9-18)23(24(29)30)28-14-12-20(16-28)31-15-2-1-4-19-10-11-21-22(27-19)5-3-13-26-21/h6-11,20,23,26H,1-5,12-16H2,(H,29,30)/t20-,23?/m1/s1. The van der Waals surface area contributed by atoms with Crippen LogP contribution in [0.5, 0.6) is 0 Å². The summed E-state index contributed by atoms with van der Waals surface area (Å²) in [6, 6.07) is 10.7. The van der Waals surface area contributed by atoms with E-state index in [4.69, 9.17) is 21.3 Å². The minimum Gasteiger partial charge on any atom is -0.480 e. The molecule has 1 saturated heterocycles. The van der Waals surface area contributed by atoms with E-state index in [2.05, 4.69) is 17.4 Å². The van der Waals surface area contributed by atoms with Gasteiger partial charge in [0.15, 0.2) is 0 Å². The molecule has 3 heterocycles. The number of carboxylic acids is 1. The SMILES string of the molecule is O=C(O)C(c1ccc(Cl)cc1)N1CC[C@@H](OCCCCc2ccc3c(n2)CCCN3)C1. The summed E-state index contributed by atoms with van der Waals surface area (Å²) in [5.41, 5.74) is 4.29. The number of unbranched alkanes of at least 4 members (excludes halogenated alkanes) is 1. The number of aliphatic carboxylic acids is 1. The molecule has 2 aromatic rings. The molecule has 2 atom stereocenters. The number of carbonyl (C=O) groups is 1. The van der Waals surface area contributed by atoms with Crippen LogP contribution >= 0.6 is 11.6 Å². The van der Waals surface area contributed by atoms with E-state index in [-0.39, 0.29) is 6.10 Å². The molecule has 1 aromatic heterocycles. The number of rotatable bonds is 9. The summed E-state index contributed by atoms with van der Waals surface area (Å²) < 4.78 is 6.06.